The summed E-state index contributed by atoms with van der Waals surface area (Å²) in [6.07, 6.45) is 1.76. The lowest BCUT2D eigenvalue weighted by Gasteiger charge is -2.15. The Kier molecular flexibility index (Phi) is 8.43. The minimum Gasteiger partial charge on any atom is -0.493 e. The molecule has 0 amide bonds. The maximum absolute atomic E-state index is 12.3. The van der Waals surface area contributed by atoms with Crippen LogP contribution in [0.2, 0.25) is 0 Å². The number of carbonyl (C=O) groups is 1. The highest BCUT2D eigenvalue weighted by molar-refractivity contribution is 6.05. The van der Waals surface area contributed by atoms with Crippen LogP contribution in [0.4, 0.5) is 0 Å². The number of hydrogen-bond acceptors (Lipinski definition) is 6. The van der Waals surface area contributed by atoms with Crippen LogP contribution in [0.25, 0.3) is 0 Å². The van der Waals surface area contributed by atoms with E-state index in [1.807, 2.05) is 13.8 Å². The van der Waals surface area contributed by atoms with Gasteiger partial charge in [0, 0.05) is 13.0 Å². The first-order valence-corrected chi connectivity index (χ1v) is 7.48. The second-order valence-corrected chi connectivity index (χ2v) is 4.63. The summed E-state index contributed by atoms with van der Waals surface area (Å²) in [5.41, 5.74) is 0.419. The Morgan fingerprint density at radius 2 is 1.78 bits per heavy atom. The van der Waals surface area contributed by atoms with E-state index in [0.29, 0.717) is 42.4 Å². The molecule has 0 fully saturated rings. The van der Waals surface area contributed by atoms with E-state index in [2.05, 4.69) is 0 Å². The first-order valence-electron chi connectivity index (χ1n) is 7.48. The van der Waals surface area contributed by atoms with Crippen LogP contribution in [0.1, 0.15) is 30.6 Å². The second-order valence-electron chi connectivity index (χ2n) is 4.63. The van der Waals surface area contributed by atoms with Gasteiger partial charge in [0.2, 0.25) is 5.75 Å². The fourth-order valence-corrected chi connectivity index (χ4v) is 2.11. The van der Waals surface area contributed by atoms with Crippen LogP contribution in [-0.2, 0) is 9.47 Å². The summed E-state index contributed by atoms with van der Waals surface area (Å²) in [6.45, 7) is 4.72. The van der Waals surface area contributed by atoms with Gasteiger partial charge in [0.15, 0.2) is 23.6 Å². The van der Waals surface area contributed by atoms with E-state index in [1.165, 1.54) is 21.3 Å². The molecule has 23 heavy (non-hydrogen) atoms. The fraction of sp³-hybridized carbons (Fsp3) is 0.529. The van der Waals surface area contributed by atoms with Crippen LogP contribution < -0.4 is 14.2 Å². The summed E-state index contributed by atoms with van der Waals surface area (Å²) in [6, 6.07) is 3.33. The Balaban J connectivity index is 2.69. The number of carbonyl (C=O) groups excluding carboxylic acids is 1. The molecule has 0 aliphatic carbocycles. The van der Waals surface area contributed by atoms with Crippen molar-refractivity contribution in [2.75, 3.05) is 34.5 Å². The Morgan fingerprint density at radius 1 is 1.09 bits per heavy atom. The highest BCUT2D eigenvalue weighted by Gasteiger charge is 2.20. The van der Waals surface area contributed by atoms with Crippen LogP contribution in [0.5, 0.6) is 17.2 Å². The average Bonchev–Trinajstić information content (AvgIpc) is 2.57. The van der Waals surface area contributed by atoms with Crippen molar-refractivity contribution in [2.24, 2.45) is 0 Å². The van der Waals surface area contributed by atoms with Gasteiger partial charge >= 0.3 is 0 Å². The van der Waals surface area contributed by atoms with Crippen LogP contribution in [0.15, 0.2) is 12.1 Å². The van der Waals surface area contributed by atoms with Gasteiger partial charge in [-0.05, 0) is 32.4 Å². The smallest absolute Gasteiger partial charge is 0.204 e. The molecule has 1 radical (unpaired) electrons. The topological polar surface area (TPSA) is 63.2 Å². The van der Waals surface area contributed by atoms with Gasteiger partial charge in [0.25, 0.3) is 0 Å². The zero-order valence-corrected chi connectivity index (χ0v) is 14.4. The summed E-state index contributed by atoms with van der Waals surface area (Å²) in [5, 5.41) is 0. The Bertz CT molecular complexity index is 500. The highest BCUT2D eigenvalue weighted by atomic mass is 16.7. The number of methoxy groups -OCH3 is 3. The van der Waals surface area contributed by atoms with Crippen LogP contribution in [-0.4, -0.2) is 46.6 Å². The molecule has 1 aromatic carbocycles. The molecule has 0 spiro atoms. The first-order chi connectivity index (χ1) is 11.1. The Hall–Kier alpha value is -1.79. The van der Waals surface area contributed by atoms with Crippen molar-refractivity contribution in [1.29, 1.82) is 0 Å². The average molecular weight is 325 g/mol. The normalized spacial score (nSPS) is 11.9. The Labute approximate surface area is 137 Å². The van der Waals surface area contributed by atoms with Gasteiger partial charge in [-0.3, -0.25) is 4.79 Å². The van der Waals surface area contributed by atoms with Crippen LogP contribution in [0.3, 0.4) is 0 Å². The van der Waals surface area contributed by atoms with Gasteiger partial charge in [-0.15, -0.1) is 0 Å². The molecule has 0 saturated heterocycles. The van der Waals surface area contributed by atoms with Gasteiger partial charge in [-0.25, -0.2) is 0 Å². The maximum Gasteiger partial charge on any atom is 0.204 e. The molecular formula is C17H25O6. The lowest BCUT2D eigenvalue weighted by molar-refractivity contribution is -0.126. The molecule has 0 N–H and O–H groups in total. The van der Waals surface area contributed by atoms with Crippen molar-refractivity contribution in [2.45, 2.75) is 26.6 Å². The standard InChI is InChI=1S/C17H25O6/c1-6-22-12(2)23-11-7-8-14(18)13-9-10-15(19-3)17(21-5)16(13)20-4/h8-10,12H,6-7,11H2,1-5H3. The van der Waals surface area contributed by atoms with E-state index in [-0.39, 0.29) is 12.1 Å². The molecule has 0 bridgehead atoms. The molecule has 1 atom stereocenters. The van der Waals surface area contributed by atoms with Gasteiger partial charge in [0.1, 0.15) is 0 Å². The summed E-state index contributed by atoms with van der Waals surface area (Å²) in [5.74, 6) is 1.11. The number of benzene rings is 1. The van der Waals surface area contributed by atoms with Crippen molar-refractivity contribution < 1.29 is 28.5 Å². The van der Waals surface area contributed by atoms with Gasteiger partial charge < -0.3 is 23.7 Å². The number of ether oxygens (including phenoxy) is 5. The molecule has 1 rings (SSSR count). The number of Topliss-reactive ketones (excluding diaryl/α,β-unsaturated/α-hetero) is 1. The van der Waals surface area contributed by atoms with E-state index in [9.17, 15) is 4.79 Å². The third kappa shape index (κ3) is 5.41. The second kappa shape index (κ2) is 10.1. The molecular weight excluding hydrogens is 300 g/mol. The minimum absolute atomic E-state index is 0.157. The van der Waals surface area contributed by atoms with Gasteiger partial charge in [-0.1, -0.05) is 0 Å². The molecule has 1 aromatic rings. The lowest BCUT2D eigenvalue weighted by atomic mass is 10.0. The third-order valence-corrected chi connectivity index (χ3v) is 3.17. The molecule has 0 aliphatic heterocycles. The molecule has 129 valence electrons. The van der Waals surface area contributed by atoms with Gasteiger partial charge in [-0.2, -0.15) is 0 Å². The summed E-state index contributed by atoms with van der Waals surface area (Å²) >= 11 is 0. The largest absolute Gasteiger partial charge is 0.493 e. The van der Waals surface area contributed by atoms with Crippen molar-refractivity contribution in [3.05, 3.63) is 24.1 Å². The predicted octanol–water partition coefficient (Wildman–Crippen LogP) is 2.89. The third-order valence-electron chi connectivity index (χ3n) is 3.17. The Morgan fingerprint density at radius 3 is 2.35 bits per heavy atom. The van der Waals surface area contributed by atoms with E-state index in [4.69, 9.17) is 23.7 Å². The summed E-state index contributed by atoms with van der Waals surface area (Å²) in [4.78, 5) is 12.3. The van der Waals surface area contributed by atoms with E-state index in [1.54, 1.807) is 18.6 Å². The molecule has 0 saturated carbocycles. The van der Waals surface area contributed by atoms with Crippen molar-refractivity contribution in [3.63, 3.8) is 0 Å². The minimum atomic E-state index is -0.279. The fourth-order valence-electron chi connectivity index (χ4n) is 2.11. The van der Waals surface area contributed by atoms with E-state index in [0.717, 1.165) is 0 Å². The van der Waals surface area contributed by atoms with E-state index < -0.39 is 0 Å². The molecule has 6 heteroatoms. The molecule has 0 aromatic heterocycles. The lowest BCUT2D eigenvalue weighted by Crippen LogP contribution is -2.14. The maximum atomic E-state index is 12.3. The summed E-state index contributed by atoms with van der Waals surface area (Å²) < 4.78 is 26.5. The van der Waals surface area contributed by atoms with Crippen LogP contribution >= 0.6 is 0 Å². The molecule has 0 aliphatic rings. The highest BCUT2D eigenvalue weighted by Crippen LogP contribution is 2.40. The van der Waals surface area contributed by atoms with Crippen molar-refractivity contribution in [3.8, 4) is 17.2 Å². The number of rotatable bonds is 11. The molecule has 1 unspecified atom stereocenters. The van der Waals surface area contributed by atoms with Crippen LogP contribution in [0, 0.1) is 6.42 Å². The van der Waals surface area contributed by atoms with Crippen molar-refractivity contribution >= 4 is 5.78 Å². The number of ketones is 1. The predicted molar refractivity (Wildman–Crippen MR) is 86.4 cm³/mol. The molecule has 0 heterocycles. The quantitative estimate of drug-likeness (QED) is 0.354. The monoisotopic (exact) mass is 325 g/mol. The number of hydrogen-bond donors (Lipinski definition) is 0. The zero-order valence-electron chi connectivity index (χ0n) is 14.4. The SMILES string of the molecule is CCOC(C)OCC[CH]C(=O)c1ccc(OC)c(OC)c1OC. The zero-order chi connectivity index (χ0) is 17.2. The molecule has 6 nitrogen and oxygen atoms in total. The summed E-state index contributed by atoms with van der Waals surface area (Å²) in [7, 11) is 4.52. The first kappa shape index (κ1) is 19.3. The van der Waals surface area contributed by atoms with E-state index >= 15 is 0 Å². The van der Waals surface area contributed by atoms with Crippen molar-refractivity contribution in [1.82, 2.24) is 0 Å². The van der Waals surface area contributed by atoms with Gasteiger partial charge in [0.05, 0.1) is 33.5 Å².